The van der Waals surface area contributed by atoms with Crippen molar-refractivity contribution in [3.8, 4) is 0 Å². The van der Waals surface area contributed by atoms with Crippen LogP contribution in [0.3, 0.4) is 0 Å². The highest BCUT2D eigenvalue weighted by atomic mass is 16.6. The lowest BCUT2D eigenvalue weighted by molar-refractivity contribution is -0.103. The first kappa shape index (κ1) is 73.6. The van der Waals surface area contributed by atoms with Crippen LogP contribution in [0.5, 0.6) is 0 Å². The zero-order chi connectivity index (χ0) is 75.8. The molecule has 6 saturated heterocycles. The lowest BCUT2D eigenvalue weighted by atomic mass is 9.80. The van der Waals surface area contributed by atoms with Crippen LogP contribution in [0.4, 0.5) is 0 Å². The second-order valence-corrected chi connectivity index (χ2v) is 31.6. The maximum atomic E-state index is 11.0. The fraction of sp³-hybridized carbons (Fsp3) is 0.429. The molecule has 4 aromatic carbocycles. The van der Waals surface area contributed by atoms with E-state index in [1.165, 1.54) is 23.8 Å². The number of nitrogens with one attached hydrogen (secondary N) is 2. The van der Waals surface area contributed by atoms with E-state index >= 15 is 0 Å². The normalized spacial score (nSPS) is 32.9. The Morgan fingerprint density at radius 1 is 0.364 bits per heavy atom. The number of aliphatic hydroxyl groups excluding tert-OH is 8. The summed E-state index contributed by atoms with van der Waals surface area (Å²) in [6.07, 6.45) is 10.6. The van der Waals surface area contributed by atoms with Crippen LogP contribution < -0.4 is 10.6 Å². The molecule has 26 nitrogen and oxygen atoms in total. The third-order valence-corrected chi connectivity index (χ3v) is 24.9. The predicted octanol–water partition coefficient (Wildman–Crippen LogP) is 7.78. The Kier molecular flexibility index (Phi) is 19.9. The van der Waals surface area contributed by atoms with Gasteiger partial charge in [-0.1, -0.05) is 121 Å². The standard InChI is InChI=1S/C22H26N4O2.C21H24N4O3.C21H23N3O3.C20H21N3O4/c1-14-17-7-8-26(21(17)25-13-24-14)18-11-22(20(28)19(18)27)10-16(23-12-22)9-15-5-3-2-4-6-15;1-13-16-7-8-25(19(16)24-12-23-13)20-17(26)18(27)21(28-20)10-15(22-11-21)9-14-5-3-2-4-6-14;1-13-15-7-8-24(20(15)23-12-22-13)16-9-21(19(26)18(16)25)10-17(27-11-21)14-5-3-2-4-6-14;1-12-14-7-8-23(18(14)22-11-21-12)19-16(24)17(25)20(27-19)9-15(26-10-20)13-5-3-2-4-6-13/h2-8,13,16,18-20,23,27-28H,9-12H2,1H3;2-8,12,15,17-18,20,22,26-27H,9-11H2,1H3;2-8,12,16-19,25-26H,9-11H2,1H3;2-8,11,15-17,19,24-25H,9-10H2,1H3. The van der Waals surface area contributed by atoms with E-state index in [2.05, 4.69) is 99.0 Å². The lowest BCUT2D eigenvalue weighted by Gasteiger charge is -2.27. The minimum Gasteiger partial charge on any atom is -0.390 e. The molecule has 8 aromatic heterocycles. The van der Waals surface area contributed by atoms with Crippen LogP contribution in [-0.2, 0) is 31.8 Å². The van der Waals surface area contributed by atoms with Crippen molar-refractivity contribution in [3.63, 3.8) is 0 Å². The molecule has 6 aliphatic heterocycles. The first-order chi connectivity index (χ1) is 53.3. The number of aromatic nitrogens is 12. The van der Waals surface area contributed by atoms with Crippen LogP contribution in [0.15, 0.2) is 196 Å². The third-order valence-electron chi connectivity index (χ3n) is 24.9. The number of aryl methyl sites for hydroxylation is 4. The van der Waals surface area contributed by atoms with E-state index in [1.54, 1.807) is 21.8 Å². The maximum Gasteiger partial charge on any atom is 0.164 e. The Bertz CT molecular complexity index is 4890. The molecule has 572 valence electrons. The van der Waals surface area contributed by atoms with Crippen LogP contribution in [0.1, 0.15) is 120 Å². The second-order valence-electron chi connectivity index (χ2n) is 31.6. The molecule has 2 saturated carbocycles. The van der Waals surface area contributed by atoms with Gasteiger partial charge < -0.3 is 88.7 Å². The number of nitrogens with zero attached hydrogens (tertiary/aromatic N) is 12. The maximum absolute atomic E-state index is 11.0. The Hall–Kier alpha value is -9.20. The molecule has 2 aliphatic carbocycles. The van der Waals surface area contributed by atoms with Gasteiger partial charge in [-0.3, -0.25) is 0 Å². The molecule has 0 bridgehead atoms. The Balaban J connectivity index is 0.000000107. The zero-order valence-electron chi connectivity index (χ0n) is 61.8. The first-order valence-corrected chi connectivity index (χ1v) is 38.1. The molecule has 0 radical (unpaired) electrons. The number of ether oxygens (including phenoxy) is 4. The molecular weight excluding hydrogens is 1400 g/mol. The number of fused-ring (bicyclic) bond motifs is 4. The van der Waals surface area contributed by atoms with Gasteiger partial charge >= 0.3 is 0 Å². The van der Waals surface area contributed by atoms with Crippen molar-refractivity contribution >= 4 is 44.1 Å². The smallest absolute Gasteiger partial charge is 0.164 e. The van der Waals surface area contributed by atoms with E-state index < -0.39 is 77.9 Å². The fourth-order valence-electron chi connectivity index (χ4n) is 18.9. The van der Waals surface area contributed by atoms with Gasteiger partial charge in [0.1, 0.15) is 95.7 Å². The van der Waals surface area contributed by atoms with E-state index in [4.69, 9.17) is 18.9 Å². The van der Waals surface area contributed by atoms with Crippen molar-refractivity contribution in [2.24, 2.45) is 10.8 Å². The van der Waals surface area contributed by atoms with Gasteiger partial charge in [0.2, 0.25) is 0 Å². The summed E-state index contributed by atoms with van der Waals surface area (Å²) in [5.74, 6) is 0. The minimum atomic E-state index is -1.08. The van der Waals surface area contributed by atoms with Gasteiger partial charge in [-0.25, -0.2) is 39.9 Å². The zero-order valence-corrected chi connectivity index (χ0v) is 61.8. The molecule has 8 aliphatic rings. The van der Waals surface area contributed by atoms with E-state index in [9.17, 15) is 40.9 Å². The van der Waals surface area contributed by atoms with Gasteiger partial charge in [-0.15, -0.1) is 0 Å². The average molecular weight is 1490 g/mol. The summed E-state index contributed by atoms with van der Waals surface area (Å²) in [5, 5.41) is 97.8. The van der Waals surface area contributed by atoms with E-state index in [1.807, 2.05) is 159 Å². The van der Waals surface area contributed by atoms with Crippen LogP contribution >= 0.6 is 0 Å². The first-order valence-electron chi connectivity index (χ1n) is 38.1. The molecule has 110 heavy (non-hydrogen) atoms. The van der Waals surface area contributed by atoms with Gasteiger partial charge in [0.05, 0.1) is 72.5 Å². The Morgan fingerprint density at radius 2 is 0.736 bits per heavy atom. The molecule has 8 fully saturated rings. The van der Waals surface area contributed by atoms with Gasteiger partial charge in [-0.2, -0.15) is 0 Å². The van der Waals surface area contributed by atoms with Crippen molar-refractivity contribution in [1.82, 2.24) is 68.8 Å². The summed E-state index contributed by atoms with van der Waals surface area (Å²) >= 11 is 0. The summed E-state index contributed by atoms with van der Waals surface area (Å²) in [6, 6.07) is 48.6. The molecule has 12 aromatic rings. The van der Waals surface area contributed by atoms with Crippen LogP contribution in [0.25, 0.3) is 44.1 Å². The van der Waals surface area contributed by atoms with Crippen molar-refractivity contribution in [3.05, 3.63) is 241 Å². The van der Waals surface area contributed by atoms with Crippen LogP contribution in [0, 0.1) is 38.5 Å². The highest BCUT2D eigenvalue weighted by Crippen LogP contribution is 2.56. The van der Waals surface area contributed by atoms with Crippen molar-refractivity contribution in [1.29, 1.82) is 0 Å². The molecule has 4 spiro atoms. The number of benzene rings is 4. The molecule has 20 atom stereocenters. The van der Waals surface area contributed by atoms with E-state index in [-0.39, 0.29) is 42.4 Å². The molecule has 0 amide bonds. The predicted molar refractivity (Wildman–Crippen MR) is 408 cm³/mol. The average Bonchev–Trinajstić information content (AvgIpc) is 1.60. The molecule has 20 unspecified atom stereocenters. The van der Waals surface area contributed by atoms with Crippen molar-refractivity contribution < 1.29 is 59.8 Å². The summed E-state index contributed by atoms with van der Waals surface area (Å²) in [7, 11) is 0. The summed E-state index contributed by atoms with van der Waals surface area (Å²) in [4.78, 5) is 34.4. The van der Waals surface area contributed by atoms with Crippen LogP contribution in [-0.4, -0.2) is 197 Å². The minimum absolute atomic E-state index is 0.0437. The monoisotopic (exact) mass is 1490 g/mol. The highest BCUT2D eigenvalue weighted by Gasteiger charge is 2.62. The van der Waals surface area contributed by atoms with Gasteiger partial charge in [0.15, 0.2) is 12.5 Å². The Labute approximate surface area is 635 Å². The molecule has 20 rings (SSSR count). The van der Waals surface area contributed by atoms with Gasteiger partial charge in [-0.05, 0) is 119 Å². The van der Waals surface area contributed by atoms with Gasteiger partial charge in [0, 0.05) is 88.8 Å². The number of rotatable bonds is 10. The molecule has 26 heteroatoms. The summed E-state index contributed by atoms with van der Waals surface area (Å²) in [6.45, 7) is 9.66. The SMILES string of the molecule is Cc1ncnc2c1ccn2C1CC2(CNC(Cc3ccccc3)C2)C(O)C1O.Cc1ncnc2c1ccn2C1CC2(COC(c3ccccc3)C2)C(O)C1O.Cc1ncnc2c1ccn2C1OC2(CNC(Cc3ccccc3)C2)C(O)C1O.Cc1ncnc2c1ccn2C1OC2(COC(c3ccccc3)C2)C(O)C1O. The summed E-state index contributed by atoms with van der Waals surface area (Å²) in [5.41, 5.74) is 8.78. The van der Waals surface area contributed by atoms with Gasteiger partial charge in [0.25, 0.3) is 0 Å². The summed E-state index contributed by atoms with van der Waals surface area (Å²) < 4.78 is 32.2. The van der Waals surface area contributed by atoms with Crippen molar-refractivity contribution in [2.75, 3.05) is 26.3 Å². The quantitative estimate of drug-likeness (QED) is 0.0624. The fourth-order valence-corrected chi connectivity index (χ4v) is 18.9. The number of hydrogen-bond donors (Lipinski definition) is 10. The number of aliphatic hydroxyl groups is 8. The Morgan fingerprint density at radius 3 is 1.21 bits per heavy atom. The molecular formula is C84H94N14O12. The highest BCUT2D eigenvalue weighted by molar-refractivity contribution is 5.80. The largest absolute Gasteiger partial charge is 0.390 e. The second kappa shape index (κ2) is 29.8. The van der Waals surface area contributed by atoms with E-state index in [0.29, 0.717) is 56.2 Å². The lowest BCUT2D eigenvalue weighted by Crippen LogP contribution is -2.44. The number of hydrogen-bond acceptors (Lipinski definition) is 22. The molecule has 14 heterocycles. The topological polar surface area (TPSA) is 346 Å². The van der Waals surface area contributed by atoms with Crippen molar-refractivity contribution in [2.45, 2.75) is 188 Å². The van der Waals surface area contributed by atoms with Crippen LogP contribution in [0.2, 0.25) is 0 Å². The van der Waals surface area contributed by atoms with E-state index in [0.717, 1.165) is 99.0 Å². The molecule has 10 N–H and O–H groups in total. The third kappa shape index (κ3) is 13.3.